The molecule has 16 heavy (non-hydrogen) atoms. The van der Waals surface area contributed by atoms with Gasteiger partial charge in [0, 0.05) is 15.8 Å². The van der Waals surface area contributed by atoms with E-state index in [2.05, 4.69) is 23.0 Å². The Morgan fingerprint density at radius 2 is 2.44 bits per heavy atom. The molecule has 1 aliphatic rings. The Morgan fingerprint density at radius 3 is 3.12 bits per heavy atom. The first-order valence-corrected chi connectivity index (χ1v) is 6.95. The third-order valence-electron chi connectivity index (χ3n) is 2.36. The van der Waals surface area contributed by atoms with E-state index in [1.807, 2.05) is 9.35 Å². The summed E-state index contributed by atoms with van der Waals surface area (Å²) < 4.78 is 1.85. The van der Waals surface area contributed by atoms with Crippen LogP contribution in [-0.4, -0.2) is 19.6 Å². The van der Waals surface area contributed by atoms with Gasteiger partial charge >= 0.3 is 0 Å². The first-order valence-electron chi connectivity index (χ1n) is 4.71. The molecule has 0 N–H and O–H groups in total. The third kappa shape index (κ3) is 1.34. The number of aromatic nitrogens is 2. The summed E-state index contributed by atoms with van der Waals surface area (Å²) >= 11 is 0.656. The molecule has 0 bridgehead atoms. The molecule has 2 aromatic rings. The number of rotatable bonds is 2. The lowest BCUT2D eigenvalue weighted by Gasteiger charge is -2.10. The van der Waals surface area contributed by atoms with Gasteiger partial charge in [-0.05, 0) is 13.0 Å². The van der Waals surface area contributed by atoms with Crippen molar-refractivity contribution in [3.8, 4) is 0 Å². The van der Waals surface area contributed by atoms with E-state index < -0.39 is 11.1 Å². The van der Waals surface area contributed by atoms with Crippen molar-refractivity contribution in [3.63, 3.8) is 0 Å². The summed E-state index contributed by atoms with van der Waals surface area (Å²) in [5.41, 5.74) is 2.03. The number of aliphatic imine (C=N–C) groups is 1. The lowest BCUT2D eigenvalue weighted by atomic mass is 10.3. The smallest absolute Gasteiger partial charge is 0.179 e. The van der Waals surface area contributed by atoms with Crippen LogP contribution in [0.3, 0.4) is 0 Å². The fourth-order valence-electron chi connectivity index (χ4n) is 1.65. The van der Waals surface area contributed by atoms with Crippen LogP contribution >= 0.6 is 22.4 Å². The molecular formula is C10H9N3OS2. The van der Waals surface area contributed by atoms with E-state index in [1.54, 1.807) is 23.9 Å². The number of nitrogens with zero attached hydrogens (tertiary/aromatic N) is 3. The second kappa shape index (κ2) is 3.57. The third-order valence-corrected chi connectivity index (χ3v) is 4.98. The molecule has 3 heterocycles. The average Bonchev–Trinajstić information content (AvgIpc) is 2.90. The van der Waals surface area contributed by atoms with Crippen molar-refractivity contribution in [1.29, 1.82) is 0 Å². The molecule has 82 valence electrons. The maximum atomic E-state index is 11.2. The largest absolute Gasteiger partial charge is 0.291 e. The predicted octanol–water partition coefficient (Wildman–Crippen LogP) is 2.30. The minimum absolute atomic E-state index is 0.775. The molecule has 0 amide bonds. The van der Waals surface area contributed by atoms with Crippen molar-refractivity contribution in [2.45, 2.75) is 6.92 Å². The van der Waals surface area contributed by atoms with E-state index in [1.165, 1.54) is 4.88 Å². The van der Waals surface area contributed by atoms with E-state index in [9.17, 15) is 4.79 Å². The van der Waals surface area contributed by atoms with Gasteiger partial charge in [-0.2, -0.15) is 0 Å². The number of thiophene rings is 1. The Hall–Kier alpha value is -1.40. The quantitative estimate of drug-likeness (QED) is 0.657. The number of thiol groups is 1. The monoisotopic (exact) mass is 251 g/mol. The molecule has 1 unspecified atom stereocenters. The number of imidazole rings is 1. The van der Waals surface area contributed by atoms with Crippen LogP contribution in [-0.2, 0) is 4.79 Å². The van der Waals surface area contributed by atoms with Gasteiger partial charge in [-0.15, -0.1) is 11.3 Å². The van der Waals surface area contributed by atoms with E-state index in [0.717, 1.165) is 22.0 Å². The van der Waals surface area contributed by atoms with Gasteiger partial charge in [0.1, 0.15) is 11.4 Å². The van der Waals surface area contributed by atoms with Crippen LogP contribution in [0.2, 0.25) is 0 Å². The van der Waals surface area contributed by atoms with Crippen molar-refractivity contribution in [3.05, 3.63) is 34.4 Å². The van der Waals surface area contributed by atoms with E-state index in [4.69, 9.17) is 0 Å². The molecule has 1 aliphatic heterocycles. The molecule has 3 rings (SSSR count). The van der Waals surface area contributed by atoms with Gasteiger partial charge in [-0.1, -0.05) is 11.1 Å². The van der Waals surface area contributed by atoms with Crippen molar-refractivity contribution < 1.29 is 4.79 Å². The first kappa shape index (κ1) is 9.80. The van der Waals surface area contributed by atoms with Crippen molar-refractivity contribution >= 4 is 38.9 Å². The Balaban J connectivity index is 2.10. The highest BCUT2D eigenvalue weighted by atomic mass is 32.2. The number of hydrogen-bond donors (Lipinski definition) is 1. The second-order valence-electron chi connectivity index (χ2n) is 3.43. The summed E-state index contributed by atoms with van der Waals surface area (Å²) in [6.45, 7) is 2.05. The van der Waals surface area contributed by atoms with Crippen LogP contribution in [0.5, 0.6) is 0 Å². The summed E-state index contributed by atoms with van der Waals surface area (Å²) in [4.78, 5) is 20.9. The van der Waals surface area contributed by atoms with Gasteiger partial charge in [-0.3, -0.25) is 8.77 Å². The summed E-state index contributed by atoms with van der Waals surface area (Å²) in [6.07, 6.45) is 3.36. The van der Waals surface area contributed by atoms with Crippen LogP contribution in [0.15, 0.2) is 29.0 Å². The van der Waals surface area contributed by atoms with E-state index >= 15 is 0 Å². The Morgan fingerprint density at radius 1 is 1.56 bits per heavy atom. The molecule has 2 aromatic heterocycles. The van der Waals surface area contributed by atoms with Crippen LogP contribution < -0.4 is 0 Å². The summed E-state index contributed by atoms with van der Waals surface area (Å²) in [5.74, 6) is 0.775. The minimum Gasteiger partial charge on any atom is -0.291 e. The van der Waals surface area contributed by atoms with E-state index in [0.29, 0.717) is 0 Å². The van der Waals surface area contributed by atoms with Gasteiger partial charge in [0.05, 0.1) is 6.20 Å². The molecule has 0 aliphatic carbocycles. The van der Waals surface area contributed by atoms with Gasteiger partial charge in [-0.25, -0.2) is 9.98 Å². The normalized spacial score (nSPS) is 20.6. The minimum atomic E-state index is -1.02. The summed E-state index contributed by atoms with van der Waals surface area (Å²) in [7, 11) is 0. The van der Waals surface area contributed by atoms with Crippen LogP contribution in [0.1, 0.15) is 10.4 Å². The maximum Gasteiger partial charge on any atom is 0.179 e. The topological polar surface area (TPSA) is 47.2 Å². The number of hydrogen-bond acceptors (Lipinski definition) is 4. The maximum absolute atomic E-state index is 11.2. The Kier molecular flexibility index (Phi) is 2.19. The van der Waals surface area contributed by atoms with Crippen molar-refractivity contribution in [2.24, 2.45) is 4.99 Å². The van der Waals surface area contributed by atoms with E-state index in [-0.39, 0.29) is 0 Å². The summed E-state index contributed by atoms with van der Waals surface area (Å²) in [6, 6.07) is 2.07. The molecule has 4 nitrogen and oxygen atoms in total. The van der Waals surface area contributed by atoms with Gasteiger partial charge in [0.15, 0.2) is 11.4 Å². The predicted molar refractivity (Wildman–Crippen MR) is 68.6 cm³/mol. The number of carbonyl (C=O) groups excluding carboxylic acids is 1. The first-order chi connectivity index (χ1) is 7.79. The Labute approximate surface area is 99.1 Å². The van der Waals surface area contributed by atoms with Crippen LogP contribution in [0, 0.1) is 6.92 Å². The fraction of sp³-hybridized carbons (Fsp3) is 0.100. The average molecular weight is 251 g/mol. The van der Waals surface area contributed by atoms with Crippen LogP contribution in [0.4, 0.5) is 5.82 Å². The molecule has 0 saturated carbocycles. The van der Waals surface area contributed by atoms with Gasteiger partial charge in [0.25, 0.3) is 0 Å². The molecule has 0 radical (unpaired) electrons. The standard InChI is InChI=1S/C10H9N3OS2/c1-7-2-8(4-15-7)10-12-9-3-11-5-13(9)16(10)6-14/h2-6,16H,1H3. The van der Waals surface area contributed by atoms with Crippen molar-refractivity contribution in [2.75, 3.05) is 0 Å². The molecule has 0 aromatic carbocycles. The molecular weight excluding hydrogens is 242 g/mol. The summed E-state index contributed by atoms with van der Waals surface area (Å²) in [5, 5.41) is 2.93. The second-order valence-corrected chi connectivity index (χ2v) is 6.30. The number of fused-ring (bicyclic) bond motifs is 1. The van der Waals surface area contributed by atoms with Crippen molar-refractivity contribution in [1.82, 2.24) is 8.96 Å². The molecule has 0 saturated heterocycles. The molecule has 6 heteroatoms. The SMILES string of the molecule is Cc1cc(C2=Nc3cncn3[SH]2C=O)cs1. The highest BCUT2D eigenvalue weighted by Crippen LogP contribution is 2.41. The number of carbonyl (C=O) groups is 1. The van der Waals surface area contributed by atoms with Gasteiger partial charge < -0.3 is 0 Å². The molecule has 0 fully saturated rings. The highest BCUT2D eigenvalue weighted by Gasteiger charge is 2.24. The Bertz CT molecular complexity index is 584. The lowest BCUT2D eigenvalue weighted by Crippen LogP contribution is -2.02. The molecule has 0 spiro atoms. The zero-order chi connectivity index (χ0) is 11.1. The lowest BCUT2D eigenvalue weighted by molar-refractivity contribution is 0.569. The zero-order valence-electron chi connectivity index (χ0n) is 8.49. The molecule has 1 atom stereocenters. The highest BCUT2D eigenvalue weighted by molar-refractivity contribution is 8.39. The zero-order valence-corrected chi connectivity index (χ0v) is 10.2. The number of aryl methyl sites for hydroxylation is 1. The fourth-order valence-corrected chi connectivity index (χ4v) is 3.91. The van der Waals surface area contributed by atoms with Gasteiger partial charge in [0.2, 0.25) is 0 Å². The van der Waals surface area contributed by atoms with Crippen LogP contribution in [0.25, 0.3) is 0 Å².